The molecular weight excluding hydrogens is 230 g/mol. The minimum absolute atomic E-state index is 0.196. The molecule has 100 valence electrons. The average molecular weight is 251 g/mol. The topological polar surface area (TPSA) is 70.1 Å². The molecule has 5 nitrogen and oxygen atoms in total. The predicted molar refractivity (Wildman–Crippen MR) is 68.3 cm³/mol. The summed E-state index contributed by atoms with van der Waals surface area (Å²) in [5.74, 6) is -0.316. The van der Waals surface area contributed by atoms with E-state index in [0.29, 0.717) is 12.8 Å². The lowest BCUT2D eigenvalue weighted by Crippen LogP contribution is -2.46. The van der Waals surface area contributed by atoms with E-state index in [1.807, 2.05) is 11.6 Å². The SMILES string of the molecule is COC(=O)C1(N)CCC(n2nc(C)c(C)c2C)C1. The number of nitrogens with two attached hydrogens (primary N) is 1. The van der Waals surface area contributed by atoms with E-state index in [9.17, 15) is 4.79 Å². The van der Waals surface area contributed by atoms with Gasteiger partial charge in [-0.05, 0) is 45.6 Å². The number of rotatable bonds is 2. The van der Waals surface area contributed by atoms with E-state index in [-0.39, 0.29) is 12.0 Å². The van der Waals surface area contributed by atoms with Crippen molar-refractivity contribution in [2.24, 2.45) is 5.73 Å². The Balaban J connectivity index is 2.23. The van der Waals surface area contributed by atoms with Gasteiger partial charge in [0, 0.05) is 5.69 Å². The molecule has 2 unspecified atom stereocenters. The van der Waals surface area contributed by atoms with Gasteiger partial charge in [-0.15, -0.1) is 0 Å². The highest BCUT2D eigenvalue weighted by atomic mass is 16.5. The number of methoxy groups -OCH3 is 1. The van der Waals surface area contributed by atoms with E-state index < -0.39 is 5.54 Å². The zero-order valence-electron chi connectivity index (χ0n) is 11.5. The van der Waals surface area contributed by atoms with E-state index >= 15 is 0 Å². The van der Waals surface area contributed by atoms with Gasteiger partial charge in [-0.3, -0.25) is 9.48 Å². The van der Waals surface area contributed by atoms with Crippen LogP contribution in [0.1, 0.15) is 42.3 Å². The van der Waals surface area contributed by atoms with Crippen molar-refractivity contribution in [3.8, 4) is 0 Å². The summed E-state index contributed by atoms with van der Waals surface area (Å²) in [6, 6.07) is 0.196. The summed E-state index contributed by atoms with van der Waals surface area (Å²) in [6.07, 6.45) is 2.12. The second kappa shape index (κ2) is 4.39. The molecule has 18 heavy (non-hydrogen) atoms. The van der Waals surface area contributed by atoms with Crippen LogP contribution in [0.2, 0.25) is 0 Å². The fourth-order valence-corrected chi connectivity index (χ4v) is 2.75. The molecule has 0 bridgehead atoms. The van der Waals surface area contributed by atoms with E-state index in [0.717, 1.165) is 17.8 Å². The maximum absolute atomic E-state index is 11.7. The molecule has 1 saturated carbocycles. The normalized spacial score (nSPS) is 27.5. The number of carbonyl (C=O) groups excluding carboxylic acids is 1. The smallest absolute Gasteiger partial charge is 0.325 e. The van der Waals surface area contributed by atoms with Crippen molar-refractivity contribution >= 4 is 5.97 Å². The highest BCUT2D eigenvalue weighted by Crippen LogP contribution is 2.37. The molecular formula is C13H21N3O2. The molecule has 2 atom stereocenters. The van der Waals surface area contributed by atoms with E-state index in [1.54, 1.807) is 0 Å². The standard InChI is InChI=1S/C13H21N3O2/c1-8-9(2)15-16(10(8)3)11-5-6-13(14,7-11)12(17)18-4/h11H,5-7,14H2,1-4H3. The summed E-state index contributed by atoms with van der Waals surface area (Å²) in [6.45, 7) is 6.13. The van der Waals surface area contributed by atoms with Crippen LogP contribution in [0.15, 0.2) is 0 Å². The number of hydrogen-bond acceptors (Lipinski definition) is 4. The quantitative estimate of drug-likeness (QED) is 0.807. The molecule has 0 amide bonds. The number of ether oxygens (including phenoxy) is 1. The molecule has 1 heterocycles. The van der Waals surface area contributed by atoms with Crippen molar-refractivity contribution in [2.75, 3.05) is 7.11 Å². The minimum atomic E-state index is -0.848. The summed E-state index contributed by atoms with van der Waals surface area (Å²) in [7, 11) is 1.39. The Labute approximate surface area is 107 Å². The van der Waals surface area contributed by atoms with Gasteiger partial charge in [0.15, 0.2) is 0 Å². The van der Waals surface area contributed by atoms with E-state index in [2.05, 4.69) is 18.9 Å². The van der Waals surface area contributed by atoms with Crippen LogP contribution in [0, 0.1) is 20.8 Å². The molecule has 1 fully saturated rings. The Morgan fingerprint density at radius 1 is 1.50 bits per heavy atom. The second-order valence-electron chi connectivity index (χ2n) is 5.28. The van der Waals surface area contributed by atoms with E-state index in [1.165, 1.54) is 12.7 Å². The van der Waals surface area contributed by atoms with Crippen molar-refractivity contribution < 1.29 is 9.53 Å². The van der Waals surface area contributed by atoms with E-state index in [4.69, 9.17) is 10.5 Å². The van der Waals surface area contributed by atoms with Gasteiger partial charge >= 0.3 is 5.97 Å². The zero-order valence-corrected chi connectivity index (χ0v) is 11.5. The maximum Gasteiger partial charge on any atom is 0.325 e. The van der Waals surface area contributed by atoms with Gasteiger partial charge in [-0.2, -0.15) is 5.10 Å². The molecule has 2 N–H and O–H groups in total. The summed E-state index contributed by atoms with van der Waals surface area (Å²) >= 11 is 0. The Morgan fingerprint density at radius 3 is 2.67 bits per heavy atom. The number of hydrogen-bond donors (Lipinski definition) is 1. The Morgan fingerprint density at radius 2 is 2.17 bits per heavy atom. The summed E-state index contributed by atoms with van der Waals surface area (Å²) in [5, 5.41) is 4.55. The van der Waals surface area contributed by atoms with Crippen molar-refractivity contribution in [3.05, 3.63) is 17.0 Å². The van der Waals surface area contributed by atoms with Gasteiger partial charge in [0.05, 0.1) is 18.8 Å². The summed E-state index contributed by atoms with van der Waals surface area (Å²) in [4.78, 5) is 11.7. The van der Waals surface area contributed by atoms with Gasteiger partial charge in [-0.1, -0.05) is 0 Å². The first-order chi connectivity index (χ1) is 8.39. The molecule has 1 aliphatic carbocycles. The van der Waals surface area contributed by atoms with Crippen LogP contribution in [0.4, 0.5) is 0 Å². The van der Waals surface area contributed by atoms with Crippen LogP contribution in [0.5, 0.6) is 0 Å². The van der Waals surface area contributed by atoms with Crippen LogP contribution in [0.25, 0.3) is 0 Å². The lowest BCUT2D eigenvalue weighted by molar-refractivity contribution is -0.146. The molecule has 0 aromatic carbocycles. The molecule has 0 aliphatic heterocycles. The lowest BCUT2D eigenvalue weighted by Gasteiger charge is -2.21. The van der Waals surface area contributed by atoms with Gasteiger partial charge in [-0.25, -0.2) is 0 Å². The fourth-order valence-electron chi connectivity index (χ4n) is 2.75. The average Bonchev–Trinajstić information content (AvgIpc) is 2.86. The summed E-state index contributed by atoms with van der Waals surface area (Å²) in [5.41, 5.74) is 8.68. The second-order valence-corrected chi connectivity index (χ2v) is 5.28. The third kappa shape index (κ3) is 1.92. The maximum atomic E-state index is 11.7. The number of carbonyl (C=O) groups is 1. The van der Waals surface area contributed by atoms with Crippen molar-refractivity contribution in [1.29, 1.82) is 0 Å². The van der Waals surface area contributed by atoms with Gasteiger partial charge < -0.3 is 10.5 Å². The first-order valence-electron chi connectivity index (χ1n) is 6.28. The van der Waals surface area contributed by atoms with Crippen molar-refractivity contribution in [2.45, 2.75) is 51.6 Å². The monoisotopic (exact) mass is 251 g/mol. The van der Waals surface area contributed by atoms with Crippen LogP contribution in [-0.2, 0) is 9.53 Å². The minimum Gasteiger partial charge on any atom is -0.468 e. The van der Waals surface area contributed by atoms with Crippen LogP contribution in [-0.4, -0.2) is 28.4 Å². The molecule has 0 radical (unpaired) electrons. The van der Waals surface area contributed by atoms with Crippen molar-refractivity contribution in [1.82, 2.24) is 9.78 Å². The molecule has 1 aromatic rings. The predicted octanol–water partition coefficient (Wildman–Crippen LogP) is 1.40. The van der Waals surface area contributed by atoms with Gasteiger partial charge in [0.2, 0.25) is 0 Å². The van der Waals surface area contributed by atoms with Crippen LogP contribution < -0.4 is 5.73 Å². The third-order valence-corrected chi connectivity index (χ3v) is 4.15. The van der Waals surface area contributed by atoms with Gasteiger partial charge in [0.25, 0.3) is 0 Å². The zero-order chi connectivity index (χ0) is 13.5. The molecule has 1 aliphatic rings. The van der Waals surface area contributed by atoms with Crippen LogP contribution >= 0.6 is 0 Å². The largest absolute Gasteiger partial charge is 0.468 e. The van der Waals surface area contributed by atoms with Gasteiger partial charge in [0.1, 0.15) is 5.54 Å². The van der Waals surface area contributed by atoms with Crippen molar-refractivity contribution in [3.63, 3.8) is 0 Å². The van der Waals surface area contributed by atoms with Crippen LogP contribution in [0.3, 0.4) is 0 Å². The number of esters is 1. The lowest BCUT2D eigenvalue weighted by atomic mass is 9.99. The number of nitrogens with zero attached hydrogens (tertiary/aromatic N) is 2. The molecule has 2 rings (SSSR count). The Kier molecular flexibility index (Phi) is 3.19. The molecule has 0 spiro atoms. The fraction of sp³-hybridized carbons (Fsp3) is 0.692. The Bertz CT molecular complexity index is 481. The Hall–Kier alpha value is -1.36. The first kappa shape index (κ1) is 13.1. The number of aromatic nitrogens is 2. The number of aryl methyl sites for hydroxylation is 1. The third-order valence-electron chi connectivity index (χ3n) is 4.15. The highest BCUT2D eigenvalue weighted by molar-refractivity contribution is 5.80. The molecule has 0 saturated heterocycles. The highest BCUT2D eigenvalue weighted by Gasteiger charge is 2.44. The summed E-state index contributed by atoms with van der Waals surface area (Å²) < 4.78 is 6.80. The molecule has 5 heteroatoms. The first-order valence-corrected chi connectivity index (χ1v) is 6.28. The molecule has 1 aromatic heterocycles.